The van der Waals surface area contributed by atoms with Crippen LogP contribution in [0.3, 0.4) is 0 Å². The Hall–Kier alpha value is -3.51. The van der Waals surface area contributed by atoms with Gasteiger partial charge in [-0.2, -0.15) is 18.3 Å². The molecule has 7 nitrogen and oxygen atoms in total. The Balaban J connectivity index is 1.58. The van der Waals surface area contributed by atoms with Crippen LogP contribution in [0.2, 0.25) is 5.02 Å². The largest absolute Gasteiger partial charge is 0.491 e. The number of carbonyl (C=O) groups is 1. The minimum absolute atomic E-state index is 0.0463. The summed E-state index contributed by atoms with van der Waals surface area (Å²) >= 11 is 6.08. The molecule has 1 aliphatic heterocycles. The number of pyridine rings is 1. The number of hydrogen-bond donors (Lipinski definition) is 1. The molecule has 3 heterocycles. The lowest BCUT2D eigenvalue weighted by atomic mass is 9.98. The van der Waals surface area contributed by atoms with Gasteiger partial charge in [-0.1, -0.05) is 11.6 Å². The van der Waals surface area contributed by atoms with Crippen LogP contribution in [0.25, 0.3) is 33.1 Å². The van der Waals surface area contributed by atoms with Gasteiger partial charge in [0.25, 0.3) is 0 Å². The third-order valence-corrected chi connectivity index (χ3v) is 7.07. The second-order valence-electron chi connectivity index (χ2n) is 9.50. The Labute approximate surface area is 223 Å². The monoisotopic (exact) mass is 568 g/mol. The molecule has 2 aromatic heterocycles. The zero-order valence-corrected chi connectivity index (χ0v) is 21.5. The maximum atomic E-state index is 16.0. The number of nitrogens with one attached hydrogen (secondary N) is 1. The van der Waals surface area contributed by atoms with Gasteiger partial charge in [0.1, 0.15) is 11.6 Å². The molecule has 1 N–H and O–H groups in total. The van der Waals surface area contributed by atoms with E-state index in [1.54, 1.807) is 6.92 Å². The van der Waals surface area contributed by atoms with E-state index in [0.717, 1.165) is 44.1 Å². The van der Waals surface area contributed by atoms with E-state index in [-0.39, 0.29) is 56.4 Å². The van der Waals surface area contributed by atoms with Crippen LogP contribution < -0.4 is 9.47 Å². The number of benzene rings is 2. The van der Waals surface area contributed by atoms with Gasteiger partial charge in [0.2, 0.25) is 0 Å². The Morgan fingerprint density at radius 3 is 2.51 bits per heavy atom. The number of hydrogen-bond acceptors (Lipinski definition) is 6. The summed E-state index contributed by atoms with van der Waals surface area (Å²) in [5, 5.41) is 6.38. The molecule has 0 radical (unpaired) electrons. The van der Waals surface area contributed by atoms with Gasteiger partial charge >= 0.3 is 12.1 Å². The standard InChI is InChI=1S/C26H22ClF5N4O3/c1-12-19-21-20(16(28)10-18(22(21)29)38-11-13-5-7-36(2)8-6-13)23(33-24(19)35-34-12)14-3-4-17(15(27)9-14)39-25(37)26(30,31)32/h3-4,9-10,13H,5-8,11H2,1-2H3,(H,33,34,35). The van der Waals surface area contributed by atoms with E-state index in [1.165, 1.54) is 6.07 Å². The first kappa shape index (κ1) is 27.1. The van der Waals surface area contributed by atoms with Crippen molar-refractivity contribution >= 4 is 39.4 Å². The first-order chi connectivity index (χ1) is 18.4. The van der Waals surface area contributed by atoms with Crippen LogP contribution >= 0.6 is 11.6 Å². The second-order valence-corrected chi connectivity index (χ2v) is 9.91. The molecule has 39 heavy (non-hydrogen) atoms. The number of H-pyrrole nitrogens is 1. The molecule has 2 aromatic carbocycles. The third-order valence-electron chi connectivity index (χ3n) is 6.77. The van der Waals surface area contributed by atoms with Crippen molar-refractivity contribution in [2.24, 2.45) is 5.92 Å². The molecule has 0 unspecified atom stereocenters. The zero-order valence-electron chi connectivity index (χ0n) is 20.8. The highest BCUT2D eigenvalue weighted by Gasteiger charge is 2.41. The minimum atomic E-state index is -5.23. The average molecular weight is 569 g/mol. The smallest absolute Gasteiger partial charge is 0.490 e. The molecule has 5 rings (SSSR count). The number of aromatic nitrogens is 3. The summed E-state index contributed by atoms with van der Waals surface area (Å²) in [4.78, 5) is 17.8. The van der Waals surface area contributed by atoms with E-state index < -0.39 is 29.5 Å². The SMILES string of the molecule is Cc1n[nH]c2nc(-c3ccc(OC(=O)C(F)(F)F)c(Cl)c3)c3c(F)cc(OCC4CCN(C)CC4)c(F)c3c12. The normalized spacial score (nSPS) is 15.3. The van der Waals surface area contributed by atoms with E-state index in [4.69, 9.17) is 16.3 Å². The molecule has 13 heteroatoms. The Bertz CT molecular complexity index is 1580. The average Bonchev–Trinajstić information content (AvgIpc) is 3.26. The molecular weight excluding hydrogens is 547 g/mol. The van der Waals surface area contributed by atoms with Gasteiger partial charge < -0.3 is 14.4 Å². The maximum Gasteiger partial charge on any atom is 0.491 e. The molecule has 1 saturated heterocycles. The highest BCUT2D eigenvalue weighted by molar-refractivity contribution is 6.32. The van der Waals surface area contributed by atoms with Crippen LogP contribution in [0.15, 0.2) is 24.3 Å². The number of aryl methyl sites for hydroxylation is 1. The molecule has 0 amide bonds. The van der Waals surface area contributed by atoms with E-state index in [1.807, 2.05) is 7.05 Å². The highest BCUT2D eigenvalue weighted by atomic mass is 35.5. The predicted molar refractivity (Wildman–Crippen MR) is 134 cm³/mol. The van der Waals surface area contributed by atoms with Crippen LogP contribution in [-0.4, -0.2) is 59.0 Å². The molecule has 0 atom stereocenters. The molecule has 4 aromatic rings. The van der Waals surface area contributed by atoms with Crippen molar-refractivity contribution < 1.29 is 36.2 Å². The number of piperidine rings is 1. The van der Waals surface area contributed by atoms with Crippen LogP contribution in [0.5, 0.6) is 11.5 Å². The number of rotatable bonds is 5. The van der Waals surface area contributed by atoms with E-state index in [2.05, 4.69) is 24.8 Å². The van der Waals surface area contributed by atoms with Crippen molar-refractivity contribution in [2.45, 2.75) is 25.9 Å². The molecule has 0 bridgehead atoms. The number of nitrogens with zero attached hydrogens (tertiary/aromatic N) is 3. The molecule has 0 spiro atoms. The van der Waals surface area contributed by atoms with Crippen molar-refractivity contribution in [3.05, 3.63) is 46.6 Å². The fourth-order valence-corrected chi connectivity index (χ4v) is 4.90. The number of aromatic amines is 1. The van der Waals surface area contributed by atoms with Crippen molar-refractivity contribution in [3.63, 3.8) is 0 Å². The Morgan fingerprint density at radius 1 is 1.13 bits per heavy atom. The fourth-order valence-electron chi connectivity index (χ4n) is 4.68. The highest BCUT2D eigenvalue weighted by Crippen LogP contribution is 2.41. The van der Waals surface area contributed by atoms with Crippen LogP contribution in [0.1, 0.15) is 18.5 Å². The summed E-state index contributed by atoms with van der Waals surface area (Å²) in [5.41, 5.74) is 0.635. The van der Waals surface area contributed by atoms with Gasteiger partial charge in [-0.15, -0.1) is 0 Å². The summed E-state index contributed by atoms with van der Waals surface area (Å²) in [6, 6.07) is 4.37. The van der Waals surface area contributed by atoms with Crippen molar-refractivity contribution in [1.82, 2.24) is 20.1 Å². The summed E-state index contributed by atoms with van der Waals surface area (Å²) in [5.74, 6) is -4.66. The fraction of sp³-hybridized carbons (Fsp3) is 0.346. The molecular formula is C26H22ClF5N4O3. The lowest BCUT2D eigenvalue weighted by Gasteiger charge is -2.28. The lowest BCUT2D eigenvalue weighted by molar-refractivity contribution is -0.189. The van der Waals surface area contributed by atoms with Crippen molar-refractivity contribution in [3.8, 4) is 22.8 Å². The number of esters is 1. The van der Waals surface area contributed by atoms with Gasteiger partial charge in [-0.05, 0) is 64.0 Å². The minimum Gasteiger partial charge on any atom is -0.490 e. The Kier molecular flexibility index (Phi) is 7.10. The van der Waals surface area contributed by atoms with Gasteiger partial charge in [-0.3, -0.25) is 5.10 Å². The summed E-state index contributed by atoms with van der Waals surface area (Å²) < 4.78 is 79.6. The van der Waals surface area contributed by atoms with Gasteiger partial charge in [0, 0.05) is 22.4 Å². The number of halogens is 6. The number of carbonyl (C=O) groups excluding carboxylic acids is 1. The predicted octanol–water partition coefficient (Wildman–Crippen LogP) is 6.21. The number of fused-ring (bicyclic) bond motifs is 3. The van der Waals surface area contributed by atoms with Crippen LogP contribution in [0, 0.1) is 24.5 Å². The number of alkyl halides is 3. The first-order valence-corrected chi connectivity index (χ1v) is 12.4. The van der Waals surface area contributed by atoms with Gasteiger partial charge in [0.05, 0.1) is 28.4 Å². The van der Waals surface area contributed by atoms with Crippen LogP contribution in [-0.2, 0) is 4.79 Å². The quantitative estimate of drug-likeness (QED) is 0.175. The van der Waals surface area contributed by atoms with E-state index in [0.29, 0.717) is 5.69 Å². The topological polar surface area (TPSA) is 80.3 Å². The van der Waals surface area contributed by atoms with Gasteiger partial charge in [-0.25, -0.2) is 18.6 Å². The summed E-state index contributed by atoms with van der Waals surface area (Å²) in [6.45, 7) is 3.63. The van der Waals surface area contributed by atoms with E-state index >= 15 is 8.78 Å². The molecule has 206 valence electrons. The molecule has 1 fully saturated rings. The number of likely N-dealkylation sites (tertiary alicyclic amines) is 1. The molecule has 0 aliphatic carbocycles. The zero-order chi connectivity index (χ0) is 28.1. The first-order valence-electron chi connectivity index (χ1n) is 12.0. The van der Waals surface area contributed by atoms with Crippen LogP contribution in [0.4, 0.5) is 22.0 Å². The Morgan fingerprint density at radius 2 is 1.85 bits per heavy atom. The number of ether oxygens (including phenoxy) is 2. The summed E-state index contributed by atoms with van der Waals surface area (Å²) in [7, 11) is 2.02. The second kappa shape index (κ2) is 10.2. The maximum absolute atomic E-state index is 16.0. The van der Waals surface area contributed by atoms with Crippen molar-refractivity contribution in [2.75, 3.05) is 26.7 Å². The summed E-state index contributed by atoms with van der Waals surface area (Å²) in [6.07, 6.45) is -3.47. The molecule has 0 saturated carbocycles. The third kappa shape index (κ3) is 5.22. The van der Waals surface area contributed by atoms with Gasteiger partial charge in [0.15, 0.2) is 17.2 Å². The lowest BCUT2D eigenvalue weighted by Crippen LogP contribution is -2.32. The van der Waals surface area contributed by atoms with Crippen molar-refractivity contribution in [1.29, 1.82) is 0 Å². The molecule has 1 aliphatic rings. The van der Waals surface area contributed by atoms with E-state index in [9.17, 15) is 18.0 Å².